The Labute approximate surface area is 95.3 Å². The van der Waals surface area contributed by atoms with Crippen molar-refractivity contribution >= 4 is 27.3 Å². The second kappa shape index (κ2) is 3.89. The fourth-order valence-electron chi connectivity index (χ4n) is 1.64. The molecular weight excluding hydrogens is 266 g/mol. The zero-order chi connectivity index (χ0) is 10.2. The fourth-order valence-corrected chi connectivity index (χ4v) is 3.14. The van der Waals surface area contributed by atoms with Crippen LogP contribution in [0.2, 0.25) is 0 Å². The van der Waals surface area contributed by atoms with Crippen LogP contribution in [0.25, 0.3) is 0 Å². The molecule has 2 rings (SSSR count). The van der Waals surface area contributed by atoms with E-state index in [-0.39, 0.29) is 5.92 Å². The van der Waals surface area contributed by atoms with E-state index in [1.54, 1.807) is 0 Å². The third kappa shape index (κ3) is 1.74. The molecule has 1 aromatic rings. The summed E-state index contributed by atoms with van der Waals surface area (Å²) in [7, 11) is 0. The molecule has 0 spiro atoms. The van der Waals surface area contributed by atoms with E-state index in [0.717, 1.165) is 9.61 Å². The van der Waals surface area contributed by atoms with Crippen molar-refractivity contribution < 1.29 is 9.84 Å². The van der Waals surface area contributed by atoms with E-state index in [1.165, 1.54) is 11.3 Å². The van der Waals surface area contributed by atoms with Crippen LogP contribution < -0.4 is 0 Å². The molecule has 0 bridgehead atoms. The number of aliphatic hydroxyl groups is 1. The van der Waals surface area contributed by atoms with E-state index in [1.807, 2.05) is 12.3 Å². The number of hydrogen-bond donors (Lipinski definition) is 1. The van der Waals surface area contributed by atoms with E-state index in [4.69, 9.17) is 4.74 Å². The molecule has 2 heterocycles. The zero-order valence-electron chi connectivity index (χ0n) is 7.86. The molecule has 14 heavy (non-hydrogen) atoms. The van der Waals surface area contributed by atoms with Crippen molar-refractivity contribution in [3.05, 3.63) is 15.0 Å². The van der Waals surface area contributed by atoms with Gasteiger partial charge >= 0.3 is 0 Å². The number of hydrogen-bond acceptors (Lipinski definition) is 4. The summed E-state index contributed by atoms with van der Waals surface area (Å²) < 4.78 is 6.11. The van der Waals surface area contributed by atoms with Gasteiger partial charge in [0.05, 0.1) is 6.61 Å². The topological polar surface area (TPSA) is 42.4 Å². The third-order valence-electron chi connectivity index (χ3n) is 2.66. The van der Waals surface area contributed by atoms with Gasteiger partial charge in [0.1, 0.15) is 15.2 Å². The minimum Gasteiger partial charge on any atom is -0.382 e. The molecule has 1 aromatic heterocycles. The van der Waals surface area contributed by atoms with Crippen molar-refractivity contribution in [3.63, 3.8) is 0 Å². The van der Waals surface area contributed by atoms with Crippen molar-refractivity contribution in [3.8, 4) is 0 Å². The largest absolute Gasteiger partial charge is 0.382 e. The number of halogens is 1. The quantitative estimate of drug-likeness (QED) is 0.856. The molecule has 0 amide bonds. The molecule has 1 aliphatic heterocycles. The molecule has 78 valence electrons. The Balaban J connectivity index is 2.29. The highest BCUT2D eigenvalue weighted by molar-refractivity contribution is 9.10. The van der Waals surface area contributed by atoms with E-state index >= 15 is 0 Å². The number of aromatic nitrogens is 1. The molecule has 0 saturated carbocycles. The molecular formula is C9H12BrNO2S. The second-order valence-electron chi connectivity index (χ2n) is 3.63. The number of thiazole rings is 1. The van der Waals surface area contributed by atoms with Gasteiger partial charge in [-0.3, -0.25) is 0 Å². The highest BCUT2D eigenvalue weighted by Gasteiger charge is 2.40. The van der Waals surface area contributed by atoms with Gasteiger partial charge in [0.25, 0.3) is 0 Å². The van der Waals surface area contributed by atoms with Gasteiger partial charge < -0.3 is 9.84 Å². The smallest absolute Gasteiger partial charge is 0.126 e. The molecule has 1 aliphatic rings. The first-order valence-corrected chi connectivity index (χ1v) is 6.22. The predicted molar refractivity (Wildman–Crippen MR) is 58.3 cm³/mol. The number of rotatable bonds is 1. The maximum absolute atomic E-state index is 10.5. The molecule has 0 aromatic carbocycles. The van der Waals surface area contributed by atoms with Crippen molar-refractivity contribution in [2.75, 3.05) is 13.2 Å². The van der Waals surface area contributed by atoms with Crippen LogP contribution in [0, 0.1) is 5.92 Å². The molecule has 1 fully saturated rings. The monoisotopic (exact) mass is 277 g/mol. The molecule has 0 aliphatic carbocycles. The van der Waals surface area contributed by atoms with Crippen LogP contribution in [-0.4, -0.2) is 23.3 Å². The first-order chi connectivity index (χ1) is 6.63. The summed E-state index contributed by atoms with van der Waals surface area (Å²) in [5, 5.41) is 13.2. The Morgan fingerprint density at radius 1 is 1.79 bits per heavy atom. The summed E-state index contributed by atoms with van der Waals surface area (Å²) in [5.41, 5.74) is -0.797. The highest BCUT2D eigenvalue weighted by Crippen LogP contribution is 2.38. The van der Waals surface area contributed by atoms with Gasteiger partial charge in [-0.2, -0.15) is 0 Å². The molecule has 5 heteroatoms. The number of nitrogens with zero attached hydrogens (tertiary/aromatic N) is 1. The van der Waals surface area contributed by atoms with Crippen LogP contribution in [0.15, 0.2) is 9.98 Å². The minimum absolute atomic E-state index is 0.106. The van der Waals surface area contributed by atoms with Gasteiger partial charge in [-0.25, -0.2) is 4.98 Å². The average molecular weight is 278 g/mol. The lowest BCUT2D eigenvalue weighted by Crippen LogP contribution is -2.41. The van der Waals surface area contributed by atoms with Crippen LogP contribution in [-0.2, 0) is 10.3 Å². The first-order valence-electron chi connectivity index (χ1n) is 4.54. The maximum atomic E-state index is 10.5. The lowest BCUT2D eigenvalue weighted by atomic mass is 9.85. The van der Waals surface area contributed by atoms with Crippen molar-refractivity contribution in [1.29, 1.82) is 0 Å². The summed E-state index contributed by atoms with van der Waals surface area (Å²) in [6, 6.07) is 0. The van der Waals surface area contributed by atoms with E-state index in [2.05, 4.69) is 20.9 Å². The highest BCUT2D eigenvalue weighted by atomic mass is 79.9. The Morgan fingerprint density at radius 2 is 2.57 bits per heavy atom. The normalized spacial score (nSPS) is 33.2. The summed E-state index contributed by atoms with van der Waals surface area (Å²) in [6.45, 7) is 3.21. The molecule has 2 atom stereocenters. The lowest BCUT2D eigenvalue weighted by Gasteiger charge is -2.36. The van der Waals surface area contributed by atoms with E-state index < -0.39 is 5.60 Å². The summed E-state index contributed by atoms with van der Waals surface area (Å²) in [6.07, 6.45) is 0.633. The minimum atomic E-state index is -0.797. The van der Waals surface area contributed by atoms with Crippen molar-refractivity contribution in [1.82, 2.24) is 4.98 Å². The Bertz CT molecular complexity index is 330. The van der Waals surface area contributed by atoms with Gasteiger partial charge in [-0.1, -0.05) is 6.92 Å². The zero-order valence-corrected chi connectivity index (χ0v) is 10.3. The van der Waals surface area contributed by atoms with Gasteiger partial charge in [0, 0.05) is 24.3 Å². The average Bonchev–Trinajstić information content (AvgIpc) is 2.58. The number of ether oxygens (including phenoxy) is 1. The van der Waals surface area contributed by atoms with E-state index in [0.29, 0.717) is 19.6 Å². The van der Waals surface area contributed by atoms with Crippen LogP contribution in [0.3, 0.4) is 0 Å². The summed E-state index contributed by atoms with van der Waals surface area (Å²) in [4.78, 5) is 4.29. The molecule has 2 unspecified atom stereocenters. The molecule has 1 saturated heterocycles. The summed E-state index contributed by atoms with van der Waals surface area (Å²) in [5.74, 6) is 0.106. The van der Waals surface area contributed by atoms with Gasteiger partial charge in [-0.15, -0.1) is 11.3 Å². The van der Waals surface area contributed by atoms with Crippen LogP contribution in [0.1, 0.15) is 18.4 Å². The van der Waals surface area contributed by atoms with Crippen LogP contribution >= 0.6 is 27.3 Å². The van der Waals surface area contributed by atoms with E-state index in [9.17, 15) is 5.11 Å². The summed E-state index contributed by atoms with van der Waals surface area (Å²) >= 11 is 4.79. The maximum Gasteiger partial charge on any atom is 0.126 e. The fraction of sp³-hybridized carbons (Fsp3) is 0.667. The van der Waals surface area contributed by atoms with Crippen LogP contribution in [0.5, 0.6) is 0 Å². The van der Waals surface area contributed by atoms with Crippen molar-refractivity contribution in [2.24, 2.45) is 5.92 Å². The predicted octanol–water partition coefficient (Wildman–Crippen LogP) is 2.15. The standard InChI is InChI=1S/C9H12BrNO2S/c1-6-4-13-3-2-9(6,12)8-11-7(10)5-14-8/h5-6,12H,2-4H2,1H3. The first kappa shape index (κ1) is 10.5. The van der Waals surface area contributed by atoms with Gasteiger partial charge in [0.15, 0.2) is 0 Å². The second-order valence-corrected chi connectivity index (χ2v) is 5.30. The Morgan fingerprint density at radius 3 is 3.14 bits per heavy atom. The molecule has 1 N–H and O–H groups in total. The van der Waals surface area contributed by atoms with Crippen molar-refractivity contribution in [2.45, 2.75) is 18.9 Å². The third-order valence-corrected chi connectivity index (χ3v) is 4.38. The van der Waals surface area contributed by atoms with Gasteiger partial charge in [-0.05, 0) is 15.9 Å². The molecule has 0 radical (unpaired) electrons. The Kier molecular flexibility index (Phi) is 2.93. The molecule has 3 nitrogen and oxygen atoms in total. The SMILES string of the molecule is CC1COCCC1(O)c1nc(Br)cs1. The lowest BCUT2D eigenvalue weighted by molar-refractivity contribution is -0.111. The Hall–Kier alpha value is 0.0300. The van der Waals surface area contributed by atoms with Gasteiger partial charge in [0.2, 0.25) is 0 Å². The van der Waals surface area contributed by atoms with Crippen LogP contribution in [0.4, 0.5) is 0 Å².